The van der Waals surface area contributed by atoms with E-state index in [1.165, 1.54) is 11.3 Å². The maximum absolute atomic E-state index is 14.4. The van der Waals surface area contributed by atoms with Crippen molar-refractivity contribution in [2.24, 2.45) is 0 Å². The molecule has 2 saturated heterocycles. The number of pyridine rings is 1. The lowest BCUT2D eigenvalue weighted by Crippen LogP contribution is -2.51. The van der Waals surface area contributed by atoms with E-state index in [1.807, 2.05) is 25.3 Å². The minimum Gasteiger partial charge on any atom is -0.370 e. The highest BCUT2D eigenvalue weighted by atomic mass is 32.1. The van der Waals surface area contributed by atoms with E-state index in [-0.39, 0.29) is 23.1 Å². The number of aromatic nitrogens is 4. The predicted octanol–water partition coefficient (Wildman–Crippen LogP) is 3.48. The number of rotatable bonds is 5. The number of piperidine rings is 1. The van der Waals surface area contributed by atoms with Crippen molar-refractivity contribution in [1.29, 1.82) is 0 Å². The first-order chi connectivity index (χ1) is 15.9. The Morgan fingerprint density at radius 2 is 1.97 bits per heavy atom. The minimum absolute atomic E-state index is 0.0233. The molecule has 0 unspecified atom stereocenters. The van der Waals surface area contributed by atoms with E-state index in [9.17, 15) is 9.18 Å². The van der Waals surface area contributed by atoms with Crippen LogP contribution in [-0.4, -0.2) is 51.5 Å². The molecule has 0 saturated carbocycles. The van der Waals surface area contributed by atoms with Gasteiger partial charge in [0.1, 0.15) is 11.5 Å². The van der Waals surface area contributed by atoms with Gasteiger partial charge in [-0.15, -0.1) is 0 Å². The molecule has 11 heteroatoms. The highest BCUT2D eigenvalue weighted by molar-refractivity contribution is 7.19. The van der Waals surface area contributed by atoms with E-state index in [2.05, 4.69) is 40.8 Å². The summed E-state index contributed by atoms with van der Waals surface area (Å²) in [6, 6.07) is 3.86. The van der Waals surface area contributed by atoms with Crippen molar-refractivity contribution in [2.45, 2.75) is 38.1 Å². The van der Waals surface area contributed by atoms with E-state index >= 15 is 0 Å². The predicted molar refractivity (Wildman–Crippen MR) is 126 cm³/mol. The van der Waals surface area contributed by atoms with Crippen molar-refractivity contribution < 1.29 is 9.18 Å². The van der Waals surface area contributed by atoms with Crippen molar-refractivity contribution in [1.82, 2.24) is 25.3 Å². The van der Waals surface area contributed by atoms with Gasteiger partial charge in [0.2, 0.25) is 11.9 Å². The molecule has 3 N–H and O–H groups in total. The zero-order valence-corrected chi connectivity index (χ0v) is 19.3. The lowest BCUT2D eigenvalue weighted by atomic mass is 9.86. The number of carbonyl (C=O) groups is 1. The van der Waals surface area contributed by atoms with Gasteiger partial charge in [0.25, 0.3) is 0 Å². The molecule has 5 rings (SSSR count). The van der Waals surface area contributed by atoms with E-state index < -0.39 is 5.82 Å². The van der Waals surface area contributed by atoms with Crippen LogP contribution in [0, 0.1) is 12.7 Å². The van der Waals surface area contributed by atoms with Gasteiger partial charge >= 0.3 is 0 Å². The Balaban J connectivity index is 1.27. The van der Waals surface area contributed by atoms with Crippen molar-refractivity contribution in [2.75, 3.05) is 35.7 Å². The lowest BCUT2D eigenvalue weighted by molar-refractivity contribution is -0.119. The molecule has 2 aliphatic rings. The lowest BCUT2D eigenvalue weighted by Gasteiger charge is -2.40. The van der Waals surface area contributed by atoms with Gasteiger partial charge in [0, 0.05) is 32.1 Å². The van der Waals surface area contributed by atoms with Crippen molar-refractivity contribution in [3.05, 3.63) is 36.0 Å². The average molecular weight is 469 g/mol. The summed E-state index contributed by atoms with van der Waals surface area (Å²) in [6.45, 7) is 3.58. The zero-order chi connectivity index (χ0) is 23.0. The van der Waals surface area contributed by atoms with Crippen molar-refractivity contribution in [3.63, 3.8) is 0 Å². The second-order valence-corrected chi connectivity index (χ2v) is 9.41. The first kappa shape index (κ1) is 21.5. The molecule has 0 atom stereocenters. The number of anilines is 4. The van der Waals surface area contributed by atoms with Crippen molar-refractivity contribution in [3.8, 4) is 10.6 Å². The monoisotopic (exact) mass is 468 g/mol. The molecule has 172 valence electrons. The fourth-order valence-electron chi connectivity index (χ4n) is 4.41. The average Bonchev–Trinajstić information content (AvgIpc) is 3.38. The molecule has 2 aliphatic heterocycles. The van der Waals surface area contributed by atoms with Crippen LogP contribution in [0.25, 0.3) is 10.6 Å². The van der Waals surface area contributed by atoms with Crippen LogP contribution in [0.2, 0.25) is 0 Å². The molecule has 0 bridgehead atoms. The number of nitrogens with zero attached hydrogens (tertiary/aromatic N) is 5. The number of aryl methyl sites for hydroxylation is 1. The number of amides is 1. The van der Waals surface area contributed by atoms with Crippen molar-refractivity contribution >= 4 is 39.8 Å². The number of carbonyl (C=O) groups excluding carboxylic acids is 1. The topological polar surface area (TPSA) is 108 Å². The summed E-state index contributed by atoms with van der Waals surface area (Å²) in [6.07, 6.45) is 6.41. The van der Waals surface area contributed by atoms with Crippen LogP contribution in [0.1, 0.15) is 31.4 Å². The molecule has 5 heterocycles. The first-order valence-corrected chi connectivity index (χ1v) is 11.7. The third-order valence-electron chi connectivity index (χ3n) is 6.28. The Bertz CT molecular complexity index is 1170. The fourth-order valence-corrected chi connectivity index (χ4v) is 5.32. The van der Waals surface area contributed by atoms with E-state index in [1.54, 1.807) is 7.05 Å². The zero-order valence-electron chi connectivity index (χ0n) is 18.5. The summed E-state index contributed by atoms with van der Waals surface area (Å²) in [5.74, 6) is 0.506. The highest BCUT2D eigenvalue weighted by Gasteiger charge is 2.40. The van der Waals surface area contributed by atoms with Crippen LogP contribution in [0.3, 0.4) is 0 Å². The molecular formula is C22H25FN8OS. The largest absolute Gasteiger partial charge is 0.370 e. The molecule has 2 fully saturated rings. The maximum Gasteiger partial charge on any atom is 0.229 e. The molecule has 3 aromatic rings. The summed E-state index contributed by atoms with van der Waals surface area (Å²) in [5, 5.41) is 9.90. The van der Waals surface area contributed by atoms with Gasteiger partial charge in [0.15, 0.2) is 10.9 Å². The normalized spacial score (nSPS) is 17.3. The van der Waals surface area contributed by atoms with Crippen LogP contribution in [0.15, 0.2) is 24.5 Å². The minimum atomic E-state index is -0.500. The summed E-state index contributed by atoms with van der Waals surface area (Å²) >= 11 is 1.34. The number of halogens is 1. The van der Waals surface area contributed by atoms with Crippen LogP contribution >= 0.6 is 11.3 Å². The molecule has 0 aliphatic carbocycles. The van der Waals surface area contributed by atoms with Crippen LogP contribution in [0.4, 0.5) is 27.0 Å². The van der Waals surface area contributed by atoms with E-state index in [0.29, 0.717) is 27.9 Å². The molecular weight excluding hydrogens is 443 g/mol. The second kappa shape index (κ2) is 8.54. The molecule has 3 aromatic heterocycles. The van der Waals surface area contributed by atoms with Gasteiger partial charge in [-0.05, 0) is 38.3 Å². The Morgan fingerprint density at radius 3 is 2.61 bits per heavy atom. The maximum atomic E-state index is 14.4. The summed E-state index contributed by atoms with van der Waals surface area (Å²) in [5.41, 5.74) is 1.92. The van der Waals surface area contributed by atoms with Gasteiger partial charge in [-0.3, -0.25) is 4.79 Å². The van der Waals surface area contributed by atoms with Gasteiger partial charge in [-0.2, -0.15) is 0 Å². The Morgan fingerprint density at radius 1 is 1.15 bits per heavy atom. The molecule has 0 radical (unpaired) electrons. The van der Waals surface area contributed by atoms with Gasteiger partial charge in [-0.25, -0.2) is 24.3 Å². The quantitative estimate of drug-likeness (QED) is 0.522. The van der Waals surface area contributed by atoms with Crippen LogP contribution in [-0.2, 0) is 4.79 Å². The molecule has 33 heavy (non-hydrogen) atoms. The third-order valence-corrected chi connectivity index (χ3v) is 7.46. The second-order valence-electron chi connectivity index (χ2n) is 8.42. The van der Waals surface area contributed by atoms with Gasteiger partial charge in [0.05, 0.1) is 28.7 Å². The Labute approximate surface area is 194 Å². The smallest absolute Gasteiger partial charge is 0.229 e. The summed E-state index contributed by atoms with van der Waals surface area (Å²) in [4.78, 5) is 31.9. The highest BCUT2D eigenvalue weighted by Crippen LogP contribution is 2.34. The van der Waals surface area contributed by atoms with E-state index in [4.69, 9.17) is 0 Å². The van der Waals surface area contributed by atoms with Crippen LogP contribution < -0.4 is 20.9 Å². The molecule has 0 aromatic carbocycles. The first-order valence-electron chi connectivity index (χ1n) is 10.9. The Kier molecular flexibility index (Phi) is 5.57. The molecule has 1 spiro atoms. The van der Waals surface area contributed by atoms with E-state index in [0.717, 1.165) is 44.2 Å². The van der Waals surface area contributed by atoms with Crippen LogP contribution in [0.5, 0.6) is 0 Å². The summed E-state index contributed by atoms with van der Waals surface area (Å²) in [7, 11) is 1.77. The third kappa shape index (κ3) is 4.32. The molecule has 9 nitrogen and oxygen atoms in total. The van der Waals surface area contributed by atoms with Gasteiger partial charge in [-0.1, -0.05) is 11.3 Å². The van der Waals surface area contributed by atoms with Gasteiger partial charge < -0.3 is 20.9 Å². The standard InChI is InChI=1S/C22H25FN8OS/c1-13-19(33-21(24-2)27-13)18-15(23)12-26-20(29-18)28-16-4-3-14(11-25-16)31-9-7-22(8-10-31)6-5-17(32)30-22/h3-4,11-12H,5-10H2,1-2H3,(H,24,27)(H,30,32)(H,25,26,28,29). The Hall–Kier alpha value is -3.34. The number of nitrogens with one attached hydrogen (secondary N) is 3. The fraction of sp³-hybridized carbons (Fsp3) is 0.409. The number of hydrogen-bond donors (Lipinski definition) is 3. The SMILES string of the molecule is CNc1nc(C)c(-c2nc(Nc3ccc(N4CCC5(CCC(=O)N5)CC4)cn3)ncc2F)s1. The number of hydrogen-bond acceptors (Lipinski definition) is 9. The molecule has 1 amide bonds. The number of thiazole rings is 1. The summed E-state index contributed by atoms with van der Waals surface area (Å²) < 4.78 is 14.4.